The van der Waals surface area contributed by atoms with Crippen LogP contribution in [0.4, 0.5) is 5.69 Å². The van der Waals surface area contributed by atoms with E-state index in [1.54, 1.807) is 18.2 Å². The molecule has 0 unspecified atom stereocenters. The summed E-state index contributed by atoms with van der Waals surface area (Å²) in [4.78, 5) is 4.37. The molecule has 1 aliphatic heterocycles. The molecule has 3 rings (SSSR count). The molecule has 1 aromatic carbocycles. The summed E-state index contributed by atoms with van der Waals surface area (Å²) in [6, 6.07) is 11.4. The fourth-order valence-electron chi connectivity index (χ4n) is 3.64. The maximum Gasteiger partial charge on any atom is 0.265 e. The number of aromatic nitrogens is 1. The van der Waals surface area contributed by atoms with Crippen LogP contribution in [0.15, 0.2) is 42.5 Å². The molecular weight excluding hydrogens is 376 g/mol. The van der Waals surface area contributed by atoms with Gasteiger partial charge in [-0.3, -0.25) is 4.55 Å². The van der Waals surface area contributed by atoms with Crippen molar-refractivity contribution in [2.45, 2.75) is 32.6 Å². The van der Waals surface area contributed by atoms with Gasteiger partial charge in [-0.2, -0.15) is 13.0 Å². The molecule has 0 atom stereocenters. The van der Waals surface area contributed by atoms with Gasteiger partial charge < -0.3 is 5.11 Å². The zero-order chi connectivity index (χ0) is 20.5. The minimum absolute atomic E-state index is 0.105. The molecule has 0 fully saturated rings. The van der Waals surface area contributed by atoms with Gasteiger partial charge in [-0.05, 0) is 39.0 Å². The van der Waals surface area contributed by atoms with Gasteiger partial charge in [-0.25, -0.2) is 4.98 Å². The Balaban J connectivity index is 2.03. The average Bonchev–Trinajstić information content (AvgIpc) is 2.82. The lowest BCUT2D eigenvalue weighted by molar-refractivity contribution is -0.437. The highest BCUT2D eigenvalue weighted by Gasteiger charge is 2.43. The number of hydrogen-bond acceptors (Lipinski definition) is 4. The summed E-state index contributed by atoms with van der Waals surface area (Å²) < 4.78 is 33.4. The summed E-state index contributed by atoms with van der Waals surface area (Å²) in [5.74, 6) is -0.183. The molecule has 6 nitrogen and oxygen atoms in total. The number of aromatic hydroxyl groups is 1. The van der Waals surface area contributed by atoms with E-state index in [9.17, 15) is 13.5 Å². The molecule has 0 spiro atoms. The number of benzene rings is 1. The molecule has 0 aliphatic carbocycles. The van der Waals surface area contributed by atoms with E-state index in [2.05, 4.69) is 29.5 Å². The molecule has 7 heteroatoms. The molecule has 2 heterocycles. The van der Waals surface area contributed by atoms with Gasteiger partial charge in [0.2, 0.25) is 5.69 Å². The first-order valence-corrected chi connectivity index (χ1v) is 10.7. The monoisotopic (exact) mass is 401 g/mol. The fraction of sp³-hybridized carbons (Fsp3) is 0.333. The highest BCUT2D eigenvalue weighted by molar-refractivity contribution is 7.85. The Morgan fingerprint density at radius 2 is 1.86 bits per heavy atom. The van der Waals surface area contributed by atoms with Crippen LogP contribution in [0.3, 0.4) is 0 Å². The highest BCUT2D eigenvalue weighted by atomic mass is 32.2. The van der Waals surface area contributed by atoms with Gasteiger partial charge in [0.15, 0.2) is 5.71 Å². The first-order chi connectivity index (χ1) is 13.1. The van der Waals surface area contributed by atoms with Crippen molar-refractivity contribution in [3.63, 3.8) is 0 Å². The van der Waals surface area contributed by atoms with Gasteiger partial charge in [0, 0.05) is 29.8 Å². The molecule has 1 aromatic heterocycles. The van der Waals surface area contributed by atoms with Crippen LogP contribution in [0.25, 0.3) is 6.08 Å². The summed E-state index contributed by atoms with van der Waals surface area (Å²) in [6.07, 6.45) is 4.00. The van der Waals surface area contributed by atoms with Gasteiger partial charge in [-0.1, -0.05) is 18.2 Å². The SMILES string of the molecule is Cc1ccc(O)c(/C=C/C2=[N+](CCCS(=O)(=O)O)c3ccccc3C2(C)C)n1. The van der Waals surface area contributed by atoms with E-state index < -0.39 is 10.1 Å². The van der Waals surface area contributed by atoms with Crippen molar-refractivity contribution < 1.29 is 22.7 Å². The first kappa shape index (κ1) is 20.2. The van der Waals surface area contributed by atoms with Crippen molar-refractivity contribution in [1.82, 2.24) is 4.98 Å². The molecule has 28 heavy (non-hydrogen) atoms. The van der Waals surface area contributed by atoms with Crippen LogP contribution >= 0.6 is 0 Å². The van der Waals surface area contributed by atoms with E-state index in [0.717, 1.165) is 22.7 Å². The summed E-state index contributed by atoms with van der Waals surface area (Å²) in [7, 11) is -4.00. The van der Waals surface area contributed by atoms with Crippen LogP contribution < -0.4 is 0 Å². The van der Waals surface area contributed by atoms with Crippen molar-refractivity contribution >= 4 is 27.6 Å². The highest BCUT2D eigenvalue weighted by Crippen LogP contribution is 2.40. The second-order valence-corrected chi connectivity index (χ2v) is 9.08. The minimum Gasteiger partial charge on any atom is -0.506 e. The van der Waals surface area contributed by atoms with Crippen molar-refractivity contribution in [3.8, 4) is 5.75 Å². The van der Waals surface area contributed by atoms with Crippen molar-refractivity contribution in [2.24, 2.45) is 0 Å². The summed E-state index contributed by atoms with van der Waals surface area (Å²) >= 11 is 0. The van der Waals surface area contributed by atoms with Crippen molar-refractivity contribution in [1.29, 1.82) is 0 Å². The molecule has 0 bridgehead atoms. The van der Waals surface area contributed by atoms with E-state index in [1.165, 1.54) is 0 Å². The number of aryl methyl sites for hydroxylation is 1. The molecule has 0 saturated heterocycles. The molecular formula is C21H25N2O4S+. The summed E-state index contributed by atoms with van der Waals surface area (Å²) in [6.45, 7) is 6.53. The second kappa shape index (κ2) is 7.48. The number of fused-ring (bicyclic) bond motifs is 1. The van der Waals surface area contributed by atoms with E-state index in [-0.39, 0.29) is 16.9 Å². The normalized spacial score (nSPS) is 16.0. The van der Waals surface area contributed by atoms with Gasteiger partial charge in [-0.15, -0.1) is 0 Å². The maximum atomic E-state index is 11.1. The van der Waals surface area contributed by atoms with Crippen molar-refractivity contribution in [2.75, 3.05) is 12.3 Å². The fourth-order valence-corrected chi connectivity index (χ4v) is 4.13. The topological polar surface area (TPSA) is 90.5 Å². The molecule has 148 valence electrons. The van der Waals surface area contributed by atoms with E-state index in [4.69, 9.17) is 4.55 Å². The van der Waals surface area contributed by atoms with E-state index in [0.29, 0.717) is 18.7 Å². The average molecular weight is 402 g/mol. The van der Waals surface area contributed by atoms with Crippen LogP contribution in [0.2, 0.25) is 0 Å². The van der Waals surface area contributed by atoms with Crippen LogP contribution in [0.5, 0.6) is 5.75 Å². The number of hydrogen-bond donors (Lipinski definition) is 2. The second-order valence-electron chi connectivity index (χ2n) is 7.51. The van der Waals surface area contributed by atoms with Crippen LogP contribution in [0, 0.1) is 6.92 Å². The standard InChI is InChI=1S/C21H24N2O4S/c1-15-9-11-19(24)17(22-15)10-12-20-21(2,3)16-7-4-5-8-18(16)23(20)13-6-14-28(25,26)27/h4-5,7-12H,6,13-14H2,1-3H3,(H,25,26,27)/p+1. The van der Waals surface area contributed by atoms with E-state index in [1.807, 2.05) is 31.2 Å². The third-order valence-corrected chi connectivity index (χ3v) is 5.83. The van der Waals surface area contributed by atoms with Crippen LogP contribution in [-0.2, 0) is 15.5 Å². The Morgan fingerprint density at radius 1 is 1.14 bits per heavy atom. The van der Waals surface area contributed by atoms with Crippen LogP contribution in [-0.4, -0.2) is 45.6 Å². The van der Waals surface area contributed by atoms with Crippen LogP contribution in [0.1, 0.15) is 37.2 Å². The minimum atomic E-state index is -4.00. The number of rotatable bonds is 6. The summed E-state index contributed by atoms with van der Waals surface area (Å²) in [5.41, 5.74) is 4.13. The van der Waals surface area contributed by atoms with Gasteiger partial charge in [0.25, 0.3) is 10.1 Å². The zero-order valence-electron chi connectivity index (χ0n) is 16.3. The lowest BCUT2D eigenvalue weighted by Crippen LogP contribution is -2.28. The maximum absolute atomic E-state index is 11.1. The third-order valence-electron chi connectivity index (χ3n) is 5.02. The predicted molar refractivity (Wildman–Crippen MR) is 110 cm³/mol. The molecule has 0 radical (unpaired) electrons. The lowest BCUT2D eigenvalue weighted by Gasteiger charge is -2.15. The molecule has 1 aliphatic rings. The zero-order valence-corrected chi connectivity index (χ0v) is 17.1. The Morgan fingerprint density at radius 3 is 2.57 bits per heavy atom. The van der Waals surface area contributed by atoms with Gasteiger partial charge in [0.05, 0.1) is 11.2 Å². The Hall–Kier alpha value is -2.51. The van der Waals surface area contributed by atoms with Gasteiger partial charge >= 0.3 is 0 Å². The number of nitrogens with zero attached hydrogens (tertiary/aromatic N) is 2. The largest absolute Gasteiger partial charge is 0.506 e. The molecule has 0 amide bonds. The third kappa shape index (κ3) is 4.15. The first-order valence-electron chi connectivity index (χ1n) is 9.14. The summed E-state index contributed by atoms with van der Waals surface area (Å²) in [5, 5.41) is 10.1. The Labute approximate surface area is 165 Å². The molecule has 0 saturated carbocycles. The number of pyridine rings is 1. The van der Waals surface area contributed by atoms with Gasteiger partial charge in [0.1, 0.15) is 18.0 Å². The smallest absolute Gasteiger partial charge is 0.265 e. The van der Waals surface area contributed by atoms with E-state index >= 15 is 0 Å². The van der Waals surface area contributed by atoms with Crippen molar-refractivity contribution in [3.05, 3.63) is 59.4 Å². The molecule has 2 aromatic rings. The Kier molecular flexibility index (Phi) is 5.41. The predicted octanol–water partition coefficient (Wildman–Crippen LogP) is 3.46. The Bertz CT molecular complexity index is 1070. The molecule has 2 N–H and O–H groups in total. The number of para-hydroxylation sites is 1. The quantitative estimate of drug-likeness (QED) is 0.571. The lowest BCUT2D eigenvalue weighted by atomic mass is 9.81. The number of allylic oxidation sites excluding steroid dienone is 1.